The van der Waals surface area contributed by atoms with Gasteiger partial charge in [0.05, 0.1) is 12.5 Å². The largest absolute Gasteiger partial charge is 0.497 e. The van der Waals surface area contributed by atoms with Crippen LogP contribution in [-0.4, -0.2) is 48.8 Å². The lowest BCUT2D eigenvalue weighted by Gasteiger charge is -2.43. The lowest BCUT2D eigenvalue weighted by molar-refractivity contribution is -0.147. The molecule has 1 atom stereocenters. The maximum atomic E-state index is 12.5. The second kappa shape index (κ2) is 6.58. The molecule has 2 aliphatic rings. The van der Waals surface area contributed by atoms with E-state index < -0.39 is 11.4 Å². The summed E-state index contributed by atoms with van der Waals surface area (Å²) >= 11 is 0. The Labute approximate surface area is 148 Å². The number of benzene rings is 1. The summed E-state index contributed by atoms with van der Waals surface area (Å²) in [6.07, 6.45) is 3.75. The Bertz CT molecular complexity index is 654. The summed E-state index contributed by atoms with van der Waals surface area (Å²) in [5.41, 5.74) is 0.371. The van der Waals surface area contributed by atoms with Crippen LogP contribution < -0.4 is 10.1 Å². The van der Waals surface area contributed by atoms with Crippen LogP contribution in [0.2, 0.25) is 0 Å². The van der Waals surface area contributed by atoms with E-state index in [4.69, 9.17) is 4.74 Å². The van der Waals surface area contributed by atoms with Gasteiger partial charge in [0.25, 0.3) is 0 Å². The van der Waals surface area contributed by atoms with Gasteiger partial charge in [0.2, 0.25) is 0 Å². The lowest BCUT2D eigenvalue weighted by Crippen LogP contribution is -2.49. The minimum atomic E-state index is -0.837. The average molecular weight is 346 g/mol. The highest BCUT2D eigenvalue weighted by Gasteiger charge is 2.43. The summed E-state index contributed by atoms with van der Waals surface area (Å²) in [5.74, 6) is -0.0104. The molecule has 6 nitrogen and oxygen atoms in total. The fourth-order valence-electron chi connectivity index (χ4n) is 3.78. The Morgan fingerprint density at radius 1 is 1.24 bits per heavy atom. The first-order valence-corrected chi connectivity index (χ1v) is 8.79. The third kappa shape index (κ3) is 3.30. The van der Waals surface area contributed by atoms with E-state index in [0.717, 1.165) is 25.0 Å². The van der Waals surface area contributed by atoms with Crippen LogP contribution in [0.1, 0.15) is 38.2 Å². The van der Waals surface area contributed by atoms with Crippen molar-refractivity contribution < 1.29 is 19.4 Å². The normalized spacial score (nSPS) is 24.5. The first-order chi connectivity index (χ1) is 11.9. The smallest absolute Gasteiger partial charge is 0.317 e. The standard InChI is InChI=1S/C19H26N2O4/c1-18(16(22)23)10-11-21(13-18)17(24)20-12-19(8-3-9-19)14-4-6-15(25-2)7-5-14/h4-7H,3,8-13H2,1-2H3,(H,20,24)(H,22,23). The molecule has 1 aliphatic carbocycles. The monoisotopic (exact) mass is 346 g/mol. The van der Waals surface area contributed by atoms with Crippen LogP contribution in [0.4, 0.5) is 4.79 Å². The number of nitrogens with one attached hydrogen (secondary N) is 1. The van der Waals surface area contributed by atoms with Gasteiger partial charge in [0, 0.05) is 25.0 Å². The minimum absolute atomic E-state index is 0.0161. The molecule has 0 bridgehead atoms. The zero-order valence-electron chi connectivity index (χ0n) is 14.9. The maximum Gasteiger partial charge on any atom is 0.317 e. The van der Waals surface area contributed by atoms with Crippen molar-refractivity contribution in [3.05, 3.63) is 29.8 Å². The molecule has 1 heterocycles. The molecule has 1 unspecified atom stereocenters. The number of nitrogens with zero attached hydrogens (tertiary/aromatic N) is 1. The third-order valence-electron chi connectivity index (χ3n) is 5.87. The zero-order chi connectivity index (χ0) is 18.1. The van der Waals surface area contributed by atoms with E-state index in [-0.39, 0.29) is 18.0 Å². The van der Waals surface area contributed by atoms with Gasteiger partial charge < -0.3 is 20.1 Å². The van der Waals surface area contributed by atoms with Gasteiger partial charge in [0.1, 0.15) is 5.75 Å². The van der Waals surface area contributed by atoms with Crippen molar-refractivity contribution >= 4 is 12.0 Å². The number of carboxylic acid groups (broad SMARTS) is 1. The second-order valence-corrected chi connectivity index (χ2v) is 7.56. The van der Waals surface area contributed by atoms with Gasteiger partial charge in [-0.05, 0) is 43.9 Å². The number of carbonyl (C=O) groups is 2. The highest BCUT2D eigenvalue weighted by atomic mass is 16.5. The lowest BCUT2D eigenvalue weighted by atomic mass is 9.64. The molecule has 25 heavy (non-hydrogen) atoms. The van der Waals surface area contributed by atoms with Gasteiger partial charge in [-0.3, -0.25) is 4.79 Å². The van der Waals surface area contributed by atoms with E-state index in [0.29, 0.717) is 19.5 Å². The number of rotatable bonds is 5. The highest BCUT2D eigenvalue weighted by Crippen LogP contribution is 2.43. The highest BCUT2D eigenvalue weighted by molar-refractivity contribution is 5.79. The van der Waals surface area contributed by atoms with E-state index in [1.807, 2.05) is 12.1 Å². The number of likely N-dealkylation sites (tertiary alicyclic amines) is 1. The number of ether oxygens (including phenoxy) is 1. The Kier molecular flexibility index (Phi) is 4.62. The van der Waals surface area contributed by atoms with E-state index in [2.05, 4.69) is 17.4 Å². The molecule has 2 N–H and O–H groups in total. The number of amides is 2. The molecule has 1 aromatic rings. The Balaban J connectivity index is 1.61. The molecule has 1 saturated heterocycles. The van der Waals surface area contributed by atoms with Gasteiger partial charge in [0.15, 0.2) is 0 Å². The first kappa shape index (κ1) is 17.6. The Hall–Kier alpha value is -2.24. The first-order valence-electron chi connectivity index (χ1n) is 8.79. The quantitative estimate of drug-likeness (QED) is 0.859. The fourth-order valence-corrected chi connectivity index (χ4v) is 3.78. The van der Waals surface area contributed by atoms with E-state index in [1.54, 1.807) is 18.9 Å². The molecule has 2 amide bonds. The number of carboxylic acids is 1. The van der Waals surface area contributed by atoms with Gasteiger partial charge >= 0.3 is 12.0 Å². The third-order valence-corrected chi connectivity index (χ3v) is 5.87. The molecule has 1 aromatic carbocycles. The SMILES string of the molecule is COc1ccc(C2(CNC(=O)N3CCC(C)(C(=O)O)C3)CCC2)cc1. The van der Waals surface area contributed by atoms with Crippen molar-refractivity contribution in [1.29, 1.82) is 0 Å². The fraction of sp³-hybridized carbons (Fsp3) is 0.579. The summed E-state index contributed by atoms with van der Waals surface area (Å²) in [6, 6.07) is 7.89. The minimum Gasteiger partial charge on any atom is -0.497 e. The summed E-state index contributed by atoms with van der Waals surface area (Å²) < 4.78 is 5.21. The van der Waals surface area contributed by atoms with Crippen molar-refractivity contribution in [2.45, 2.75) is 38.0 Å². The van der Waals surface area contributed by atoms with Crippen LogP contribution in [0.5, 0.6) is 5.75 Å². The number of methoxy groups -OCH3 is 1. The van der Waals surface area contributed by atoms with Crippen LogP contribution in [0.3, 0.4) is 0 Å². The van der Waals surface area contributed by atoms with Crippen molar-refractivity contribution in [2.24, 2.45) is 5.41 Å². The van der Waals surface area contributed by atoms with Crippen molar-refractivity contribution in [1.82, 2.24) is 10.2 Å². The molecule has 136 valence electrons. The van der Waals surface area contributed by atoms with Crippen molar-refractivity contribution in [3.63, 3.8) is 0 Å². The second-order valence-electron chi connectivity index (χ2n) is 7.56. The summed E-state index contributed by atoms with van der Waals surface area (Å²) in [5, 5.41) is 12.3. The molecule has 0 aromatic heterocycles. The Morgan fingerprint density at radius 3 is 2.40 bits per heavy atom. The number of hydrogen-bond acceptors (Lipinski definition) is 3. The topological polar surface area (TPSA) is 78.9 Å². The Morgan fingerprint density at radius 2 is 1.92 bits per heavy atom. The predicted octanol–water partition coefficient (Wildman–Crippen LogP) is 2.62. The van der Waals surface area contributed by atoms with Crippen molar-refractivity contribution in [2.75, 3.05) is 26.7 Å². The molecular formula is C19H26N2O4. The number of hydrogen-bond donors (Lipinski definition) is 2. The van der Waals surface area contributed by atoms with Gasteiger partial charge in [-0.25, -0.2) is 4.79 Å². The zero-order valence-corrected chi connectivity index (χ0v) is 14.9. The molecule has 6 heteroatoms. The van der Waals surface area contributed by atoms with Crippen LogP contribution >= 0.6 is 0 Å². The number of carbonyl (C=O) groups excluding carboxylic acids is 1. The molecule has 0 radical (unpaired) electrons. The molecular weight excluding hydrogens is 320 g/mol. The molecule has 1 aliphatic heterocycles. The molecule has 1 saturated carbocycles. The van der Waals surface area contributed by atoms with Crippen LogP contribution in [0.25, 0.3) is 0 Å². The van der Waals surface area contributed by atoms with Crippen LogP contribution in [-0.2, 0) is 10.2 Å². The molecule has 3 rings (SSSR count). The summed E-state index contributed by atoms with van der Waals surface area (Å²) in [6.45, 7) is 3.04. The van der Waals surface area contributed by atoms with E-state index >= 15 is 0 Å². The van der Waals surface area contributed by atoms with E-state index in [9.17, 15) is 14.7 Å². The summed E-state index contributed by atoms with van der Waals surface area (Å²) in [4.78, 5) is 25.4. The van der Waals surface area contributed by atoms with E-state index in [1.165, 1.54) is 5.56 Å². The molecule has 0 spiro atoms. The summed E-state index contributed by atoms with van der Waals surface area (Å²) in [7, 11) is 1.65. The van der Waals surface area contributed by atoms with Gasteiger partial charge in [-0.2, -0.15) is 0 Å². The molecule has 2 fully saturated rings. The van der Waals surface area contributed by atoms with Crippen molar-refractivity contribution in [3.8, 4) is 5.75 Å². The van der Waals surface area contributed by atoms with Crippen LogP contribution in [0, 0.1) is 5.41 Å². The number of urea groups is 1. The average Bonchev–Trinajstić information content (AvgIpc) is 2.98. The maximum absolute atomic E-state index is 12.5. The number of aliphatic carboxylic acids is 1. The predicted molar refractivity (Wildman–Crippen MR) is 93.9 cm³/mol. The van der Waals surface area contributed by atoms with Gasteiger partial charge in [-0.1, -0.05) is 18.6 Å². The van der Waals surface area contributed by atoms with Crippen LogP contribution in [0.15, 0.2) is 24.3 Å². The van der Waals surface area contributed by atoms with Gasteiger partial charge in [-0.15, -0.1) is 0 Å².